The van der Waals surface area contributed by atoms with Gasteiger partial charge in [0.1, 0.15) is 6.54 Å². The molecule has 90 valence electrons. The number of carboxylic acids is 1. The SMILES string of the molecule is COCCN(CC(=O)O)C(=O)C1CC12CC2. The van der Waals surface area contributed by atoms with E-state index in [0.29, 0.717) is 13.2 Å². The van der Waals surface area contributed by atoms with Crippen LogP contribution in [0.25, 0.3) is 0 Å². The van der Waals surface area contributed by atoms with Gasteiger partial charge in [-0.2, -0.15) is 0 Å². The van der Waals surface area contributed by atoms with Gasteiger partial charge in [0.05, 0.1) is 6.61 Å². The molecule has 2 rings (SSSR count). The number of amides is 1. The van der Waals surface area contributed by atoms with Crippen LogP contribution in [-0.4, -0.2) is 48.7 Å². The molecule has 2 saturated carbocycles. The van der Waals surface area contributed by atoms with Crippen molar-refractivity contribution in [1.29, 1.82) is 0 Å². The molecule has 0 radical (unpaired) electrons. The van der Waals surface area contributed by atoms with Gasteiger partial charge < -0.3 is 14.7 Å². The molecule has 16 heavy (non-hydrogen) atoms. The van der Waals surface area contributed by atoms with E-state index in [1.165, 1.54) is 4.90 Å². The van der Waals surface area contributed by atoms with Crippen LogP contribution in [0.2, 0.25) is 0 Å². The average molecular weight is 227 g/mol. The second-order valence-electron chi connectivity index (χ2n) is 4.77. The van der Waals surface area contributed by atoms with Crippen molar-refractivity contribution in [3.05, 3.63) is 0 Å². The number of aliphatic carboxylic acids is 1. The first-order valence-electron chi connectivity index (χ1n) is 5.58. The Hall–Kier alpha value is -1.10. The van der Waals surface area contributed by atoms with Crippen molar-refractivity contribution in [2.75, 3.05) is 26.8 Å². The Morgan fingerprint density at radius 2 is 2.19 bits per heavy atom. The lowest BCUT2D eigenvalue weighted by Gasteiger charge is -2.20. The fourth-order valence-electron chi connectivity index (χ4n) is 2.26. The summed E-state index contributed by atoms with van der Waals surface area (Å²) in [7, 11) is 1.54. The molecule has 2 aliphatic carbocycles. The van der Waals surface area contributed by atoms with Gasteiger partial charge in [0.25, 0.3) is 0 Å². The highest BCUT2D eigenvalue weighted by Gasteiger charge is 2.66. The highest BCUT2D eigenvalue weighted by molar-refractivity contribution is 5.86. The lowest BCUT2D eigenvalue weighted by molar-refractivity contribution is -0.145. The van der Waals surface area contributed by atoms with Gasteiger partial charge in [0, 0.05) is 19.6 Å². The summed E-state index contributed by atoms with van der Waals surface area (Å²) >= 11 is 0. The summed E-state index contributed by atoms with van der Waals surface area (Å²) in [5.74, 6) is -0.879. The van der Waals surface area contributed by atoms with E-state index in [-0.39, 0.29) is 23.8 Å². The maximum atomic E-state index is 12.0. The fraction of sp³-hybridized carbons (Fsp3) is 0.818. The van der Waals surface area contributed by atoms with Crippen LogP contribution in [0.5, 0.6) is 0 Å². The van der Waals surface area contributed by atoms with Crippen LogP contribution in [0, 0.1) is 11.3 Å². The highest BCUT2D eigenvalue weighted by Crippen LogP contribution is 2.70. The van der Waals surface area contributed by atoms with Gasteiger partial charge >= 0.3 is 5.97 Å². The molecule has 1 unspecified atom stereocenters. The summed E-state index contributed by atoms with van der Waals surface area (Å²) in [5, 5.41) is 8.75. The third kappa shape index (κ3) is 2.19. The molecule has 0 aliphatic heterocycles. The molecule has 0 aromatic carbocycles. The summed E-state index contributed by atoms with van der Waals surface area (Å²) < 4.78 is 4.88. The summed E-state index contributed by atoms with van der Waals surface area (Å²) in [6, 6.07) is 0. The van der Waals surface area contributed by atoms with Gasteiger partial charge in [0.2, 0.25) is 5.91 Å². The summed E-state index contributed by atoms with van der Waals surface area (Å²) in [4.78, 5) is 24.1. The molecule has 1 atom stereocenters. The zero-order valence-corrected chi connectivity index (χ0v) is 9.44. The number of methoxy groups -OCH3 is 1. The molecule has 1 N–H and O–H groups in total. The van der Waals surface area contributed by atoms with E-state index in [1.54, 1.807) is 7.11 Å². The highest BCUT2D eigenvalue weighted by atomic mass is 16.5. The second-order valence-corrected chi connectivity index (χ2v) is 4.77. The molecule has 1 spiro atoms. The van der Waals surface area contributed by atoms with Crippen molar-refractivity contribution in [2.45, 2.75) is 19.3 Å². The van der Waals surface area contributed by atoms with E-state index in [9.17, 15) is 9.59 Å². The molecule has 0 saturated heterocycles. The predicted molar refractivity (Wildman–Crippen MR) is 55.9 cm³/mol. The lowest BCUT2D eigenvalue weighted by Crippen LogP contribution is -2.39. The molecule has 5 heteroatoms. The zero-order chi connectivity index (χ0) is 11.8. The van der Waals surface area contributed by atoms with Gasteiger partial charge in [-0.15, -0.1) is 0 Å². The van der Waals surface area contributed by atoms with Crippen LogP contribution in [0.1, 0.15) is 19.3 Å². The van der Waals surface area contributed by atoms with Gasteiger partial charge in [-0.05, 0) is 24.7 Å². The van der Waals surface area contributed by atoms with Gasteiger partial charge in [0.15, 0.2) is 0 Å². The topological polar surface area (TPSA) is 66.8 Å². The van der Waals surface area contributed by atoms with Crippen LogP contribution in [0.15, 0.2) is 0 Å². The standard InChI is InChI=1S/C11H17NO4/c1-16-5-4-12(7-9(13)14)10(15)8-6-11(8)2-3-11/h8H,2-7H2,1H3,(H,13,14). The number of hydrogen-bond donors (Lipinski definition) is 1. The van der Waals surface area contributed by atoms with Crippen molar-refractivity contribution in [2.24, 2.45) is 11.3 Å². The Labute approximate surface area is 94.4 Å². The van der Waals surface area contributed by atoms with Crippen LogP contribution >= 0.6 is 0 Å². The van der Waals surface area contributed by atoms with Crippen LogP contribution in [-0.2, 0) is 14.3 Å². The molecule has 1 amide bonds. The Kier molecular flexibility index (Phi) is 2.88. The molecule has 0 heterocycles. The van der Waals surface area contributed by atoms with Gasteiger partial charge in [-0.1, -0.05) is 0 Å². The minimum atomic E-state index is -0.963. The third-order valence-electron chi connectivity index (χ3n) is 3.58. The maximum absolute atomic E-state index is 12.0. The van der Waals surface area contributed by atoms with Crippen molar-refractivity contribution >= 4 is 11.9 Å². The van der Waals surface area contributed by atoms with E-state index in [4.69, 9.17) is 9.84 Å². The number of ether oxygens (including phenoxy) is 1. The van der Waals surface area contributed by atoms with Gasteiger partial charge in [-0.25, -0.2) is 0 Å². The fourth-order valence-corrected chi connectivity index (χ4v) is 2.26. The number of carboxylic acid groups (broad SMARTS) is 1. The van der Waals surface area contributed by atoms with Crippen molar-refractivity contribution in [3.63, 3.8) is 0 Å². The number of carbonyl (C=O) groups excluding carboxylic acids is 1. The normalized spacial score (nSPS) is 24.2. The lowest BCUT2D eigenvalue weighted by atomic mass is 10.2. The summed E-state index contributed by atoms with van der Waals surface area (Å²) in [6.07, 6.45) is 3.22. The second kappa shape index (κ2) is 4.05. The maximum Gasteiger partial charge on any atom is 0.323 e. The van der Waals surface area contributed by atoms with Crippen molar-refractivity contribution in [3.8, 4) is 0 Å². The minimum absolute atomic E-state index is 0.00282. The zero-order valence-electron chi connectivity index (χ0n) is 9.44. The molecule has 0 aromatic heterocycles. The van der Waals surface area contributed by atoms with Crippen LogP contribution < -0.4 is 0 Å². The number of hydrogen-bond acceptors (Lipinski definition) is 3. The van der Waals surface area contributed by atoms with E-state index in [2.05, 4.69) is 0 Å². The number of rotatable bonds is 6. The Balaban J connectivity index is 1.89. The smallest absolute Gasteiger partial charge is 0.323 e. The van der Waals surface area contributed by atoms with Crippen LogP contribution in [0.3, 0.4) is 0 Å². The first-order valence-corrected chi connectivity index (χ1v) is 5.58. The third-order valence-corrected chi connectivity index (χ3v) is 3.58. The average Bonchev–Trinajstić information content (AvgIpc) is 3.13. The largest absolute Gasteiger partial charge is 0.480 e. The summed E-state index contributed by atoms with van der Waals surface area (Å²) in [5.41, 5.74) is 0.279. The molecule has 2 aliphatic rings. The molecule has 0 aromatic rings. The Bertz CT molecular complexity index is 311. The molecular weight excluding hydrogens is 210 g/mol. The molecule has 0 bridgehead atoms. The molecular formula is C11H17NO4. The van der Waals surface area contributed by atoms with E-state index >= 15 is 0 Å². The molecule has 5 nitrogen and oxygen atoms in total. The van der Waals surface area contributed by atoms with Crippen LogP contribution in [0.4, 0.5) is 0 Å². The Morgan fingerprint density at radius 3 is 2.62 bits per heavy atom. The van der Waals surface area contributed by atoms with E-state index in [0.717, 1.165) is 19.3 Å². The monoisotopic (exact) mass is 227 g/mol. The minimum Gasteiger partial charge on any atom is -0.480 e. The van der Waals surface area contributed by atoms with Crippen molar-refractivity contribution < 1.29 is 19.4 Å². The first kappa shape index (κ1) is 11.4. The van der Waals surface area contributed by atoms with E-state index < -0.39 is 5.97 Å². The van der Waals surface area contributed by atoms with Crippen molar-refractivity contribution in [1.82, 2.24) is 4.90 Å². The van der Waals surface area contributed by atoms with E-state index in [1.807, 2.05) is 0 Å². The quantitative estimate of drug-likeness (QED) is 0.710. The number of nitrogens with zero attached hydrogens (tertiary/aromatic N) is 1. The Morgan fingerprint density at radius 1 is 1.50 bits per heavy atom. The predicted octanol–water partition coefficient (Wildman–Crippen LogP) is 0.346. The molecule has 2 fully saturated rings. The summed E-state index contributed by atoms with van der Waals surface area (Å²) in [6.45, 7) is 0.543. The first-order chi connectivity index (χ1) is 7.59. The van der Waals surface area contributed by atoms with Gasteiger partial charge in [-0.3, -0.25) is 9.59 Å². The number of carbonyl (C=O) groups is 2.